The molecule has 0 amide bonds. The maximum atomic E-state index is 14.1. The molecule has 1 aliphatic heterocycles. The molecule has 0 aromatic heterocycles. The number of halogens is 7. The molecule has 0 unspecified atom stereocenters. The van der Waals surface area contributed by atoms with Crippen LogP contribution in [0.4, 0.5) is 17.6 Å². The second kappa shape index (κ2) is 8.55. The van der Waals surface area contributed by atoms with Crippen LogP contribution in [-0.2, 0) is 6.18 Å². The van der Waals surface area contributed by atoms with Gasteiger partial charge in [-0.25, -0.2) is 4.39 Å². The van der Waals surface area contributed by atoms with Crippen LogP contribution < -0.4 is 5.32 Å². The Morgan fingerprint density at radius 3 is 2.23 bits per heavy atom. The lowest BCUT2D eigenvalue weighted by Gasteiger charge is -2.34. The third kappa shape index (κ3) is 4.61. The number of nitrogens with zero attached hydrogens (tertiary/aromatic N) is 1. The summed E-state index contributed by atoms with van der Waals surface area (Å²) in [5.41, 5.74) is -1.32. The average Bonchev–Trinajstić information content (AvgIpc) is 2.40. The number of nitrogens with one attached hydrogen (secondary N) is 1. The van der Waals surface area contributed by atoms with E-state index in [0.29, 0.717) is 26.2 Å². The molecule has 9 heteroatoms. The van der Waals surface area contributed by atoms with Gasteiger partial charge in [0.15, 0.2) is 0 Å². The third-order valence-corrected chi connectivity index (χ3v) is 3.85. The zero-order valence-corrected chi connectivity index (χ0v) is 14.1. The van der Waals surface area contributed by atoms with Crippen molar-refractivity contribution in [1.29, 1.82) is 0 Å². The summed E-state index contributed by atoms with van der Waals surface area (Å²) in [6.45, 7) is 4.08. The first-order valence-electron chi connectivity index (χ1n) is 6.32. The van der Waals surface area contributed by atoms with E-state index < -0.39 is 23.6 Å². The number of piperazine rings is 1. The molecule has 1 aliphatic rings. The van der Waals surface area contributed by atoms with Gasteiger partial charge in [-0.3, -0.25) is 4.90 Å². The molecule has 0 bridgehead atoms. The van der Waals surface area contributed by atoms with E-state index in [-0.39, 0.29) is 35.4 Å². The molecule has 2 nitrogen and oxygen atoms in total. The van der Waals surface area contributed by atoms with Crippen LogP contribution in [0.2, 0.25) is 5.02 Å². The van der Waals surface area contributed by atoms with Gasteiger partial charge in [0.2, 0.25) is 0 Å². The van der Waals surface area contributed by atoms with E-state index in [1.54, 1.807) is 6.92 Å². The largest absolute Gasteiger partial charge is 0.416 e. The van der Waals surface area contributed by atoms with E-state index in [1.165, 1.54) is 0 Å². The van der Waals surface area contributed by atoms with Crippen LogP contribution in [0.3, 0.4) is 0 Å². The number of alkyl halides is 3. The fraction of sp³-hybridized carbons (Fsp3) is 0.538. The lowest BCUT2D eigenvalue weighted by atomic mass is 9.98. The zero-order chi connectivity index (χ0) is 14.9. The van der Waals surface area contributed by atoms with Gasteiger partial charge in [0.25, 0.3) is 0 Å². The van der Waals surface area contributed by atoms with Crippen LogP contribution in [0.5, 0.6) is 0 Å². The highest BCUT2D eigenvalue weighted by Crippen LogP contribution is 2.39. The van der Waals surface area contributed by atoms with Crippen molar-refractivity contribution >= 4 is 36.4 Å². The van der Waals surface area contributed by atoms with Crippen molar-refractivity contribution in [3.05, 3.63) is 34.1 Å². The molecule has 1 saturated heterocycles. The summed E-state index contributed by atoms with van der Waals surface area (Å²) in [5, 5.41) is 2.83. The average molecular weight is 384 g/mol. The lowest BCUT2D eigenvalue weighted by Crippen LogP contribution is -2.45. The maximum absolute atomic E-state index is 14.1. The first-order chi connectivity index (χ1) is 9.32. The maximum Gasteiger partial charge on any atom is 0.416 e. The van der Waals surface area contributed by atoms with Crippen LogP contribution in [0.15, 0.2) is 12.1 Å². The minimum atomic E-state index is -4.59. The molecule has 1 aromatic carbocycles. The summed E-state index contributed by atoms with van der Waals surface area (Å²) in [6, 6.07) is 1.13. The topological polar surface area (TPSA) is 15.3 Å². The Labute approximate surface area is 144 Å². The van der Waals surface area contributed by atoms with Gasteiger partial charge in [-0.05, 0) is 19.1 Å². The van der Waals surface area contributed by atoms with Gasteiger partial charge in [-0.1, -0.05) is 11.6 Å². The van der Waals surface area contributed by atoms with Crippen LogP contribution >= 0.6 is 36.4 Å². The Bertz CT molecular complexity index is 491. The van der Waals surface area contributed by atoms with Crippen LogP contribution in [0.25, 0.3) is 0 Å². The van der Waals surface area contributed by atoms with E-state index in [9.17, 15) is 17.6 Å². The molecule has 1 N–H and O–H groups in total. The van der Waals surface area contributed by atoms with Crippen molar-refractivity contribution in [2.45, 2.75) is 19.1 Å². The molecular formula is C13H17Cl3F4N2. The molecule has 0 aliphatic carbocycles. The summed E-state index contributed by atoms with van der Waals surface area (Å²) >= 11 is 5.65. The van der Waals surface area contributed by atoms with Gasteiger partial charge >= 0.3 is 6.18 Å². The standard InChI is InChI=1S/C13H15ClF4N2.2ClH/c1-8(20-6-4-19-5-7-20)11-9(13(16,17)18)2-3-10(14)12(11)15;;/h2-3,8,19H,4-7H2,1H3;2*1H/t8-;;/m0../s1. The molecule has 128 valence electrons. The van der Waals surface area contributed by atoms with Crippen molar-refractivity contribution in [3.8, 4) is 0 Å². The number of hydrogen-bond donors (Lipinski definition) is 1. The minimum absolute atomic E-state index is 0. The molecule has 0 radical (unpaired) electrons. The number of hydrogen-bond acceptors (Lipinski definition) is 2. The molecule has 0 saturated carbocycles. The highest BCUT2D eigenvalue weighted by atomic mass is 35.5. The molecular weight excluding hydrogens is 367 g/mol. The van der Waals surface area contributed by atoms with E-state index >= 15 is 0 Å². The van der Waals surface area contributed by atoms with Gasteiger partial charge in [0.1, 0.15) is 5.82 Å². The second-order valence-electron chi connectivity index (χ2n) is 4.78. The molecule has 1 atom stereocenters. The highest BCUT2D eigenvalue weighted by molar-refractivity contribution is 6.30. The Morgan fingerprint density at radius 1 is 1.18 bits per heavy atom. The predicted molar refractivity (Wildman–Crippen MR) is 83.8 cm³/mol. The number of rotatable bonds is 2. The Balaban J connectivity index is 0.00000220. The van der Waals surface area contributed by atoms with Gasteiger partial charge < -0.3 is 5.32 Å². The summed E-state index contributed by atoms with van der Waals surface area (Å²) in [6.07, 6.45) is -4.59. The lowest BCUT2D eigenvalue weighted by molar-refractivity contribution is -0.139. The second-order valence-corrected chi connectivity index (χ2v) is 5.19. The fourth-order valence-electron chi connectivity index (χ4n) is 2.47. The van der Waals surface area contributed by atoms with Crippen LogP contribution in [0, 0.1) is 5.82 Å². The first-order valence-corrected chi connectivity index (χ1v) is 6.70. The van der Waals surface area contributed by atoms with Crippen LogP contribution in [-0.4, -0.2) is 31.1 Å². The SMILES string of the molecule is C[C@@H](c1c(C(F)(F)F)ccc(Cl)c1F)N1CCNCC1.Cl.Cl. The third-order valence-electron chi connectivity index (χ3n) is 3.56. The molecule has 0 spiro atoms. The van der Waals surface area contributed by atoms with Gasteiger partial charge in [0.05, 0.1) is 10.6 Å². The summed E-state index contributed by atoms with van der Waals surface area (Å²) in [5.74, 6) is -0.979. The van der Waals surface area contributed by atoms with Crippen molar-refractivity contribution in [2.75, 3.05) is 26.2 Å². The van der Waals surface area contributed by atoms with Crippen molar-refractivity contribution < 1.29 is 17.6 Å². The van der Waals surface area contributed by atoms with Gasteiger partial charge in [-0.15, -0.1) is 24.8 Å². The van der Waals surface area contributed by atoms with Crippen molar-refractivity contribution in [2.24, 2.45) is 0 Å². The molecule has 1 fully saturated rings. The summed E-state index contributed by atoms with van der Waals surface area (Å²) < 4.78 is 53.3. The van der Waals surface area contributed by atoms with Gasteiger partial charge in [-0.2, -0.15) is 13.2 Å². The van der Waals surface area contributed by atoms with E-state index in [2.05, 4.69) is 5.32 Å². The molecule has 1 heterocycles. The monoisotopic (exact) mass is 382 g/mol. The van der Waals surface area contributed by atoms with Crippen molar-refractivity contribution in [1.82, 2.24) is 10.2 Å². The number of benzene rings is 1. The Morgan fingerprint density at radius 2 is 1.73 bits per heavy atom. The molecule has 1 aromatic rings. The quantitative estimate of drug-likeness (QED) is 0.766. The molecule has 2 rings (SSSR count). The fourth-order valence-corrected chi connectivity index (χ4v) is 2.64. The normalized spacial score (nSPS) is 17.4. The Hall–Kier alpha value is -0.270. The highest BCUT2D eigenvalue weighted by Gasteiger charge is 2.38. The minimum Gasteiger partial charge on any atom is -0.314 e. The summed E-state index contributed by atoms with van der Waals surface area (Å²) in [4.78, 5) is 1.82. The molecule has 22 heavy (non-hydrogen) atoms. The van der Waals surface area contributed by atoms with E-state index in [1.807, 2.05) is 4.90 Å². The first kappa shape index (κ1) is 21.7. The van der Waals surface area contributed by atoms with Crippen LogP contribution in [0.1, 0.15) is 24.1 Å². The van der Waals surface area contributed by atoms with Crippen molar-refractivity contribution in [3.63, 3.8) is 0 Å². The van der Waals surface area contributed by atoms with E-state index in [0.717, 1.165) is 12.1 Å². The summed E-state index contributed by atoms with van der Waals surface area (Å²) in [7, 11) is 0. The smallest absolute Gasteiger partial charge is 0.314 e. The Kier molecular flexibility index (Phi) is 8.44. The van der Waals surface area contributed by atoms with Gasteiger partial charge in [0, 0.05) is 37.8 Å². The predicted octanol–water partition coefficient (Wildman–Crippen LogP) is 4.31. The zero-order valence-electron chi connectivity index (χ0n) is 11.7. The van der Waals surface area contributed by atoms with E-state index in [4.69, 9.17) is 11.6 Å².